The average Bonchev–Trinajstić information content (AvgIpc) is 2.64. The lowest BCUT2D eigenvalue weighted by Crippen LogP contribution is -2.05. The number of nitrogens with zero attached hydrogens (tertiary/aromatic N) is 1. The molecule has 1 N–H and O–H groups in total. The molecule has 27 heavy (non-hydrogen) atoms. The van der Waals surface area contributed by atoms with E-state index in [0.717, 1.165) is 23.4 Å². The quantitative estimate of drug-likeness (QED) is 0.393. The normalized spacial score (nSPS) is 11.6. The average molecular weight is 391 g/mol. The molecule has 7 heteroatoms. The second kappa shape index (κ2) is 8.14. The van der Waals surface area contributed by atoms with Crippen molar-refractivity contribution in [3.8, 4) is 11.5 Å². The molecular weight excluding hydrogens is 377 g/mol. The molecule has 3 aromatic rings. The highest BCUT2D eigenvalue weighted by molar-refractivity contribution is 6.33. The molecule has 0 aliphatic heterocycles. The van der Waals surface area contributed by atoms with Crippen molar-refractivity contribution in [2.75, 3.05) is 5.43 Å². The molecule has 0 saturated heterocycles. The molecule has 0 bridgehead atoms. The van der Waals surface area contributed by atoms with Crippen molar-refractivity contribution in [2.24, 2.45) is 5.10 Å². The highest BCUT2D eigenvalue weighted by Gasteiger charge is 2.30. The molecule has 0 amide bonds. The first-order chi connectivity index (χ1) is 12.9. The van der Waals surface area contributed by atoms with Gasteiger partial charge >= 0.3 is 6.18 Å². The molecule has 0 aliphatic rings. The smallest absolute Gasteiger partial charge is 0.416 e. The SMILES string of the molecule is FC(F)(F)c1ccc(Cl)c(N/N=C/c2ccc(Oc3ccccc3)cc2)c1. The number of hydrogen-bond acceptors (Lipinski definition) is 3. The Morgan fingerprint density at radius 2 is 1.56 bits per heavy atom. The van der Waals surface area contributed by atoms with Crippen LogP contribution >= 0.6 is 11.6 Å². The van der Waals surface area contributed by atoms with Crippen LogP contribution < -0.4 is 10.2 Å². The lowest BCUT2D eigenvalue weighted by atomic mass is 10.2. The summed E-state index contributed by atoms with van der Waals surface area (Å²) >= 11 is 5.91. The van der Waals surface area contributed by atoms with Gasteiger partial charge in [0.2, 0.25) is 0 Å². The van der Waals surface area contributed by atoms with Crippen LogP contribution in [0.1, 0.15) is 11.1 Å². The summed E-state index contributed by atoms with van der Waals surface area (Å²) in [5.74, 6) is 1.38. The van der Waals surface area contributed by atoms with E-state index in [-0.39, 0.29) is 10.7 Å². The maximum absolute atomic E-state index is 12.8. The fourth-order valence-corrected chi connectivity index (χ4v) is 2.37. The Morgan fingerprint density at radius 3 is 2.22 bits per heavy atom. The number of hydrogen-bond donors (Lipinski definition) is 1. The summed E-state index contributed by atoms with van der Waals surface area (Å²) < 4.78 is 44.0. The number of hydrazone groups is 1. The Balaban J connectivity index is 1.65. The van der Waals surface area contributed by atoms with Crippen molar-refractivity contribution in [1.29, 1.82) is 0 Å². The van der Waals surface area contributed by atoms with Crippen molar-refractivity contribution >= 4 is 23.5 Å². The number of anilines is 1. The van der Waals surface area contributed by atoms with E-state index >= 15 is 0 Å². The fourth-order valence-electron chi connectivity index (χ4n) is 2.21. The predicted octanol–water partition coefficient (Wildman–Crippen LogP) is 6.60. The van der Waals surface area contributed by atoms with Gasteiger partial charge in [-0.05, 0) is 60.2 Å². The van der Waals surface area contributed by atoms with Gasteiger partial charge in [0.05, 0.1) is 22.5 Å². The predicted molar refractivity (Wildman–Crippen MR) is 101 cm³/mol. The van der Waals surface area contributed by atoms with E-state index in [2.05, 4.69) is 10.5 Å². The highest BCUT2D eigenvalue weighted by Crippen LogP contribution is 2.33. The Hall–Kier alpha value is -2.99. The first-order valence-electron chi connectivity index (χ1n) is 7.90. The zero-order chi connectivity index (χ0) is 19.3. The van der Waals surface area contributed by atoms with Crippen LogP contribution in [0.2, 0.25) is 5.02 Å². The zero-order valence-corrected chi connectivity index (χ0v) is 14.6. The van der Waals surface area contributed by atoms with Gasteiger partial charge in [-0.2, -0.15) is 18.3 Å². The van der Waals surface area contributed by atoms with Gasteiger partial charge in [0, 0.05) is 0 Å². The van der Waals surface area contributed by atoms with Crippen molar-refractivity contribution in [2.45, 2.75) is 6.18 Å². The van der Waals surface area contributed by atoms with E-state index in [0.29, 0.717) is 5.75 Å². The van der Waals surface area contributed by atoms with E-state index in [1.165, 1.54) is 12.3 Å². The molecule has 138 valence electrons. The minimum Gasteiger partial charge on any atom is -0.457 e. The number of benzene rings is 3. The lowest BCUT2D eigenvalue weighted by Gasteiger charge is -2.09. The number of nitrogens with one attached hydrogen (secondary N) is 1. The summed E-state index contributed by atoms with van der Waals surface area (Å²) in [6.45, 7) is 0. The topological polar surface area (TPSA) is 33.6 Å². The summed E-state index contributed by atoms with van der Waals surface area (Å²) in [4.78, 5) is 0. The summed E-state index contributed by atoms with van der Waals surface area (Å²) in [5, 5.41) is 4.09. The van der Waals surface area contributed by atoms with Crippen molar-refractivity contribution < 1.29 is 17.9 Å². The summed E-state index contributed by atoms with van der Waals surface area (Å²) in [6.07, 6.45) is -2.97. The summed E-state index contributed by atoms with van der Waals surface area (Å²) in [7, 11) is 0. The molecule has 0 radical (unpaired) electrons. The molecule has 0 heterocycles. The van der Waals surface area contributed by atoms with Crippen LogP contribution in [0.5, 0.6) is 11.5 Å². The van der Waals surface area contributed by atoms with Gasteiger partial charge in [0.15, 0.2) is 0 Å². The number of ether oxygens (including phenoxy) is 1. The van der Waals surface area contributed by atoms with Gasteiger partial charge in [-0.1, -0.05) is 29.8 Å². The standard InChI is InChI=1S/C20H14ClF3N2O/c21-18-11-8-15(20(22,23)24)12-19(18)26-25-13-14-6-9-17(10-7-14)27-16-4-2-1-3-5-16/h1-13,26H/b25-13+. The first-order valence-corrected chi connectivity index (χ1v) is 8.28. The van der Waals surface area contributed by atoms with E-state index in [9.17, 15) is 13.2 Å². The molecule has 0 spiro atoms. The number of alkyl halides is 3. The van der Waals surface area contributed by atoms with E-state index in [4.69, 9.17) is 16.3 Å². The molecule has 0 fully saturated rings. The molecule has 3 rings (SSSR count). The molecule has 0 aliphatic carbocycles. The van der Waals surface area contributed by atoms with Gasteiger partial charge in [0.25, 0.3) is 0 Å². The molecule has 0 atom stereocenters. The van der Waals surface area contributed by atoms with Gasteiger partial charge in [-0.15, -0.1) is 0 Å². The largest absolute Gasteiger partial charge is 0.457 e. The van der Waals surface area contributed by atoms with Crippen LogP contribution in [0.4, 0.5) is 18.9 Å². The molecule has 0 aromatic heterocycles. The third-order valence-electron chi connectivity index (χ3n) is 3.55. The molecule has 3 nitrogen and oxygen atoms in total. The van der Waals surface area contributed by atoms with Crippen LogP contribution in [-0.4, -0.2) is 6.21 Å². The lowest BCUT2D eigenvalue weighted by molar-refractivity contribution is -0.137. The van der Waals surface area contributed by atoms with E-state index in [1.807, 2.05) is 30.3 Å². The number of para-hydroxylation sites is 1. The van der Waals surface area contributed by atoms with Gasteiger partial charge in [0.1, 0.15) is 11.5 Å². The Bertz CT molecular complexity index is 926. The minimum absolute atomic E-state index is 0.0757. The van der Waals surface area contributed by atoms with Crippen LogP contribution in [-0.2, 0) is 6.18 Å². The van der Waals surface area contributed by atoms with Gasteiger partial charge in [-0.25, -0.2) is 0 Å². The maximum Gasteiger partial charge on any atom is 0.416 e. The molecule has 0 unspecified atom stereocenters. The van der Waals surface area contributed by atoms with Crippen LogP contribution in [0.3, 0.4) is 0 Å². The number of rotatable bonds is 5. The molecule has 3 aromatic carbocycles. The second-order valence-electron chi connectivity index (χ2n) is 5.55. The Morgan fingerprint density at radius 1 is 0.889 bits per heavy atom. The van der Waals surface area contributed by atoms with E-state index in [1.54, 1.807) is 24.3 Å². The highest BCUT2D eigenvalue weighted by atomic mass is 35.5. The van der Waals surface area contributed by atoms with Gasteiger partial charge < -0.3 is 4.74 Å². The monoisotopic (exact) mass is 390 g/mol. The molecule has 0 saturated carbocycles. The minimum atomic E-state index is -4.45. The second-order valence-corrected chi connectivity index (χ2v) is 5.95. The summed E-state index contributed by atoms with van der Waals surface area (Å²) in [5.41, 5.74) is 2.55. The number of halogens is 4. The van der Waals surface area contributed by atoms with Crippen LogP contribution in [0, 0.1) is 0 Å². The van der Waals surface area contributed by atoms with Gasteiger partial charge in [-0.3, -0.25) is 5.43 Å². The Kier molecular flexibility index (Phi) is 5.66. The third kappa shape index (κ3) is 5.24. The fraction of sp³-hybridized carbons (Fsp3) is 0.0500. The summed E-state index contributed by atoms with van der Waals surface area (Å²) in [6, 6.07) is 19.4. The zero-order valence-electron chi connectivity index (χ0n) is 13.9. The Labute approximate surface area is 159 Å². The maximum atomic E-state index is 12.8. The van der Waals surface area contributed by atoms with Crippen LogP contribution in [0.15, 0.2) is 77.9 Å². The van der Waals surface area contributed by atoms with Crippen LogP contribution in [0.25, 0.3) is 0 Å². The van der Waals surface area contributed by atoms with Crippen molar-refractivity contribution in [1.82, 2.24) is 0 Å². The molecular formula is C20H14ClF3N2O. The van der Waals surface area contributed by atoms with Crippen molar-refractivity contribution in [3.05, 3.63) is 88.9 Å². The third-order valence-corrected chi connectivity index (χ3v) is 3.88. The van der Waals surface area contributed by atoms with Crippen molar-refractivity contribution in [3.63, 3.8) is 0 Å². The van der Waals surface area contributed by atoms with E-state index < -0.39 is 11.7 Å². The first kappa shape index (κ1) is 18.8.